The van der Waals surface area contributed by atoms with Crippen LogP contribution in [0, 0.1) is 26.2 Å². The summed E-state index contributed by atoms with van der Waals surface area (Å²) in [5.41, 5.74) is 12.7. The Hall–Kier alpha value is -5.18. The molecule has 7 heterocycles. The van der Waals surface area contributed by atoms with Crippen molar-refractivity contribution >= 4 is 6.21 Å². The first-order chi connectivity index (χ1) is 27.3. The number of nitrogens with one attached hydrogen (secondary N) is 2. The Morgan fingerprint density at radius 1 is 0.786 bits per heavy atom. The molecule has 7 rings (SSSR count). The van der Waals surface area contributed by atoms with E-state index in [0.29, 0.717) is 12.1 Å². The average molecular weight is 749 g/mol. The molecule has 4 unspecified atom stereocenters. The molecule has 0 aliphatic carbocycles. The number of piperidine rings is 2. The van der Waals surface area contributed by atoms with Gasteiger partial charge in [0.25, 0.3) is 0 Å². The summed E-state index contributed by atoms with van der Waals surface area (Å²) < 4.78 is 0. The summed E-state index contributed by atoms with van der Waals surface area (Å²) in [4.78, 5) is 25.9. The van der Waals surface area contributed by atoms with Crippen LogP contribution in [0.1, 0.15) is 133 Å². The van der Waals surface area contributed by atoms with Gasteiger partial charge in [0.2, 0.25) is 0 Å². The highest BCUT2D eigenvalue weighted by Gasteiger charge is 2.32. The monoisotopic (exact) mass is 748 g/mol. The first kappa shape index (κ1) is 42.0. The molecule has 5 aromatic heterocycles. The van der Waals surface area contributed by atoms with E-state index in [1.165, 1.54) is 47.0 Å². The molecule has 2 aliphatic heterocycles. The molecule has 4 atom stereocenters. The van der Waals surface area contributed by atoms with Gasteiger partial charge in [-0.15, -0.1) is 0 Å². The molecule has 2 N–H and O–H groups in total. The minimum absolute atomic E-state index is 0.263. The molecule has 0 bridgehead atoms. The van der Waals surface area contributed by atoms with Crippen molar-refractivity contribution in [3.05, 3.63) is 172 Å². The van der Waals surface area contributed by atoms with Gasteiger partial charge in [-0.2, -0.15) is 0 Å². The normalized spacial score (nSPS) is 19.6. The predicted octanol–water partition coefficient (Wildman–Crippen LogP) is 10.6. The van der Waals surface area contributed by atoms with Crippen LogP contribution in [-0.2, 0) is 12.8 Å². The Morgan fingerprint density at radius 3 is 2.18 bits per heavy atom. The SMILES string of the molecule is C=C(/C=C\C=N)Cc1ccc(C2CCCC(c3ncccc3C)N2)nc1C.CC.Cc1cccnc1C1CCCC(c2cccc(Cc3cccnc3)n2)N1C. The number of aryl methyl sites for hydroxylation is 3. The van der Waals surface area contributed by atoms with Crippen LogP contribution in [0.5, 0.6) is 0 Å². The molecule has 2 saturated heterocycles. The molecule has 8 heteroatoms. The number of pyridine rings is 5. The zero-order chi connectivity index (χ0) is 39.9. The summed E-state index contributed by atoms with van der Waals surface area (Å²) in [5, 5.41) is 10.8. The van der Waals surface area contributed by atoms with Crippen LogP contribution in [0.25, 0.3) is 0 Å². The summed E-state index contributed by atoms with van der Waals surface area (Å²) in [6.45, 7) is 14.4. The van der Waals surface area contributed by atoms with Crippen molar-refractivity contribution in [1.29, 1.82) is 5.41 Å². The summed E-state index contributed by atoms with van der Waals surface area (Å²) >= 11 is 0. The van der Waals surface area contributed by atoms with Crippen molar-refractivity contribution in [1.82, 2.24) is 35.1 Å². The van der Waals surface area contributed by atoms with Crippen LogP contribution in [0.15, 0.2) is 116 Å². The first-order valence-electron chi connectivity index (χ1n) is 20.3. The van der Waals surface area contributed by atoms with Crippen molar-refractivity contribution in [2.75, 3.05) is 7.05 Å². The minimum Gasteiger partial charge on any atom is -0.309 e. The fourth-order valence-electron chi connectivity index (χ4n) is 7.88. The van der Waals surface area contributed by atoms with Crippen LogP contribution >= 0.6 is 0 Å². The van der Waals surface area contributed by atoms with E-state index in [1.807, 2.05) is 62.9 Å². The first-order valence-corrected chi connectivity index (χ1v) is 20.3. The molecule has 0 saturated carbocycles. The number of allylic oxidation sites excluding steroid dienone is 3. The molecule has 56 heavy (non-hydrogen) atoms. The third-order valence-electron chi connectivity index (χ3n) is 10.8. The molecule has 0 spiro atoms. The Morgan fingerprint density at radius 2 is 1.48 bits per heavy atom. The highest BCUT2D eigenvalue weighted by molar-refractivity contribution is 5.68. The third-order valence-corrected chi connectivity index (χ3v) is 10.8. The second-order valence-electron chi connectivity index (χ2n) is 14.7. The van der Waals surface area contributed by atoms with Crippen LogP contribution < -0.4 is 5.32 Å². The zero-order valence-corrected chi connectivity index (χ0v) is 34.2. The van der Waals surface area contributed by atoms with E-state index in [1.54, 1.807) is 6.08 Å². The lowest BCUT2D eigenvalue weighted by atomic mass is 9.90. The molecule has 5 aromatic rings. The largest absolute Gasteiger partial charge is 0.309 e. The molecule has 292 valence electrons. The van der Waals surface area contributed by atoms with Crippen LogP contribution in [-0.4, -0.2) is 43.1 Å². The van der Waals surface area contributed by atoms with E-state index in [4.69, 9.17) is 15.4 Å². The van der Waals surface area contributed by atoms with E-state index in [2.05, 4.69) is 108 Å². The number of rotatable bonds is 10. The number of nitrogens with zero attached hydrogens (tertiary/aromatic N) is 6. The highest BCUT2D eigenvalue weighted by Crippen LogP contribution is 2.40. The van der Waals surface area contributed by atoms with Gasteiger partial charge >= 0.3 is 0 Å². The predicted molar refractivity (Wildman–Crippen MR) is 230 cm³/mol. The lowest BCUT2D eigenvalue weighted by molar-refractivity contribution is 0.109. The van der Waals surface area contributed by atoms with Gasteiger partial charge in [-0.25, -0.2) is 0 Å². The average Bonchev–Trinajstić information content (AvgIpc) is 3.23. The molecule has 2 aliphatic rings. The van der Waals surface area contributed by atoms with E-state index < -0.39 is 0 Å². The number of aromatic nitrogens is 5. The van der Waals surface area contributed by atoms with E-state index in [0.717, 1.165) is 72.6 Å². The number of hydrogen-bond donors (Lipinski definition) is 2. The number of likely N-dealkylation sites (tertiary alicyclic amines) is 1. The Balaban J connectivity index is 0.000000205. The van der Waals surface area contributed by atoms with Gasteiger partial charge in [0.1, 0.15) is 0 Å². The molecule has 0 radical (unpaired) electrons. The van der Waals surface area contributed by atoms with Gasteiger partial charge in [-0.05, 0) is 137 Å². The number of hydrogen-bond acceptors (Lipinski definition) is 8. The van der Waals surface area contributed by atoms with Crippen molar-refractivity contribution in [2.24, 2.45) is 0 Å². The second-order valence-corrected chi connectivity index (χ2v) is 14.7. The smallest absolute Gasteiger partial charge is 0.0604 e. The van der Waals surface area contributed by atoms with E-state index in [-0.39, 0.29) is 12.1 Å². The van der Waals surface area contributed by atoms with Gasteiger partial charge in [-0.1, -0.05) is 62.4 Å². The molecular weight excluding hydrogens is 689 g/mol. The van der Waals surface area contributed by atoms with Crippen LogP contribution in [0.4, 0.5) is 0 Å². The van der Waals surface area contributed by atoms with Gasteiger partial charge in [0.05, 0.1) is 40.9 Å². The Labute approximate surface area is 335 Å². The Bertz CT molecular complexity index is 2040. The zero-order valence-electron chi connectivity index (χ0n) is 34.2. The van der Waals surface area contributed by atoms with Gasteiger partial charge in [0, 0.05) is 54.9 Å². The summed E-state index contributed by atoms with van der Waals surface area (Å²) in [6, 6.07) is 24.3. The van der Waals surface area contributed by atoms with Gasteiger partial charge in [0.15, 0.2) is 0 Å². The fourth-order valence-corrected chi connectivity index (χ4v) is 7.88. The van der Waals surface area contributed by atoms with Crippen LogP contribution in [0.3, 0.4) is 0 Å². The van der Waals surface area contributed by atoms with Gasteiger partial charge in [-0.3, -0.25) is 29.8 Å². The highest BCUT2D eigenvalue weighted by atomic mass is 15.2. The minimum atomic E-state index is 0.263. The quantitative estimate of drug-likeness (QED) is 0.108. The fraction of sp³-hybridized carbons (Fsp3) is 0.375. The van der Waals surface area contributed by atoms with E-state index >= 15 is 0 Å². The molecule has 2 fully saturated rings. The standard InChI is InChI=1S/C23H26N4.C23H28N4.C2H6/c1-17-7-5-14-25-23(17)22-12-4-11-21(27(22)2)20-10-3-9-19(26-20)15-18-8-6-13-24-16-18;1-16(7-5-13-24)15-19-11-12-21(26-18(19)3)20-9-4-10-22(27-20)23-17(2)8-6-14-25-23;1-2/h3,5-10,13-14,16,21-22H,4,11-12,15H2,1-2H3;5-8,11-14,20,22,24,27H,1,4,9-10,15H2,2-3H3;1-2H3/b;7-5-,24-13?;. The van der Waals surface area contributed by atoms with Crippen molar-refractivity contribution in [3.63, 3.8) is 0 Å². The van der Waals surface area contributed by atoms with E-state index in [9.17, 15) is 0 Å². The van der Waals surface area contributed by atoms with Crippen molar-refractivity contribution < 1.29 is 0 Å². The van der Waals surface area contributed by atoms with Crippen LogP contribution in [0.2, 0.25) is 0 Å². The second kappa shape index (κ2) is 21.2. The molecule has 0 amide bonds. The topological polar surface area (TPSA) is 104 Å². The van der Waals surface area contributed by atoms with Crippen molar-refractivity contribution in [3.8, 4) is 0 Å². The third kappa shape index (κ3) is 11.2. The summed E-state index contributed by atoms with van der Waals surface area (Å²) in [5.74, 6) is 0. The van der Waals surface area contributed by atoms with Crippen molar-refractivity contribution in [2.45, 2.75) is 110 Å². The molecule has 8 nitrogen and oxygen atoms in total. The maximum absolute atomic E-state index is 7.07. The maximum atomic E-state index is 7.07. The lowest BCUT2D eigenvalue weighted by Crippen LogP contribution is -2.34. The molecule has 0 aromatic carbocycles. The molecular formula is C48H60N8. The lowest BCUT2D eigenvalue weighted by Gasteiger charge is -2.39. The Kier molecular flexibility index (Phi) is 15.9. The summed E-state index contributed by atoms with van der Waals surface area (Å²) in [6.07, 6.45) is 20.8. The van der Waals surface area contributed by atoms with Gasteiger partial charge < -0.3 is 10.7 Å². The summed E-state index contributed by atoms with van der Waals surface area (Å²) in [7, 11) is 2.22. The maximum Gasteiger partial charge on any atom is 0.0604 e.